The van der Waals surface area contributed by atoms with Gasteiger partial charge in [-0.2, -0.15) is 11.8 Å². The maximum Gasteiger partial charge on any atom is 0.320 e. The van der Waals surface area contributed by atoms with E-state index in [1.54, 1.807) is 23.9 Å². The van der Waals surface area contributed by atoms with E-state index in [1.165, 1.54) is 12.5 Å². The van der Waals surface area contributed by atoms with Gasteiger partial charge in [0.2, 0.25) is 0 Å². The predicted octanol–water partition coefficient (Wildman–Crippen LogP) is 3.17. The second kappa shape index (κ2) is 7.27. The fraction of sp³-hybridized carbons (Fsp3) is 0.562. The molecule has 0 aromatic heterocycles. The van der Waals surface area contributed by atoms with Gasteiger partial charge in [0, 0.05) is 0 Å². The molecule has 1 atom stereocenters. The molecule has 0 radical (unpaired) electrons. The molecule has 0 aliphatic heterocycles. The van der Waals surface area contributed by atoms with Gasteiger partial charge in [-0.15, -0.1) is 0 Å². The van der Waals surface area contributed by atoms with E-state index in [1.807, 2.05) is 6.07 Å². The molecule has 1 aromatic rings. The summed E-state index contributed by atoms with van der Waals surface area (Å²) in [6.45, 7) is 0. The summed E-state index contributed by atoms with van der Waals surface area (Å²) in [5.41, 5.74) is 6.71. The van der Waals surface area contributed by atoms with Gasteiger partial charge in [0.25, 0.3) is 0 Å². The van der Waals surface area contributed by atoms with E-state index >= 15 is 0 Å². The largest absolute Gasteiger partial charge is 0.480 e. The zero-order chi connectivity index (χ0) is 15.3. The minimum atomic E-state index is -0.939. The van der Waals surface area contributed by atoms with Crippen LogP contribution in [0.4, 0.5) is 4.39 Å². The van der Waals surface area contributed by atoms with Gasteiger partial charge in [-0.3, -0.25) is 4.79 Å². The molecule has 1 aromatic carbocycles. The Balaban J connectivity index is 1.79. The van der Waals surface area contributed by atoms with Crippen molar-refractivity contribution in [2.45, 2.75) is 43.6 Å². The smallest absolute Gasteiger partial charge is 0.320 e. The Morgan fingerprint density at radius 3 is 2.76 bits per heavy atom. The standard InChI is InChI=1S/C16H22FNO2S/c17-13-4-1-3-12(11-13)16(6-2-7-16)8-10-21-9-5-14(18)15(19)20/h1,3-4,11,14H,2,5-10,18H2,(H,19,20). The number of rotatable bonds is 8. The zero-order valence-electron chi connectivity index (χ0n) is 12.1. The van der Waals surface area contributed by atoms with E-state index in [2.05, 4.69) is 0 Å². The fourth-order valence-corrected chi connectivity index (χ4v) is 3.97. The number of hydrogen-bond acceptors (Lipinski definition) is 3. The molecule has 3 nitrogen and oxygen atoms in total. The summed E-state index contributed by atoms with van der Waals surface area (Å²) >= 11 is 1.74. The molecule has 0 spiro atoms. The van der Waals surface area contributed by atoms with Gasteiger partial charge in [-0.25, -0.2) is 4.39 Å². The van der Waals surface area contributed by atoms with Crippen LogP contribution in [-0.4, -0.2) is 28.6 Å². The Kier molecular flexibility index (Phi) is 5.65. The maximum atomic E-state index is 13.4. The molecule has 21 heavy (non-hydrogen) atoms. The highest BCUT2D eigenvalue weighted by Crippen LogP contribution is 2.47. The third kappa shape index (κ3) is 4.20. The second-order valence-corrected chi connectivity index (χ2v) is 6.96. The van der Waals surface area contributed by atoms with E-state index in [9.17, 15) is 9.18 Å². The molecule has 0 heterocycles. The van der Waals surface area contributed by atoms with Gasteiger partial charge < -0.3 is 10.8 Å². The summed E-state index contributed by atoms with van der Waals surface area (Å²) in [6.07, 6.45) is 4.94. The molecular weight excluding hydrogens is 289 g/mol. The van der Waals surface area contributed by atoms with Gasteiger partial charge in [0.05, 0.1) is 0 Å². The minimum absolute atomic E-state index is 0.129. The topological polar surface area (TPSA) is 63.3 Å². The number of hydrogen-bond donors (Lipinski definition) is 2. The Bertz CT molecular complexity index is 491. The van der Waals surface area contributed by atoms with Crippen molar-refractivity contribution < 1.29 is 14.3 Å². The zero-order valence-corrected chi connectivity index (χ0v) is 12.9. The normalized spacial score (nSPS) is 18.0. The van der Waals surface area contributed by atoms with Crippen LogP contribution in [0.15, 0.2) is 24.3 Å². The van der Waals surface area contributed by atoms with Crippen LogP contribution in [0.25, 0.3) is 0 Å². The van der Waals surface area contributed by atoms with Gasteiger partial charge in [0.1, 0.15) is 11.9 Å². The Labute approximate surface area is 129 Å². The minimum Gasteiger partial charge on any atom is -0.480 e. The first-order chi connectivity index (χ1) is 10.0. The van der Waals surface area contributed by atoms with Crippen molar-refractivity contribution in [3.63, 3.8) is 0 Å². The summed E-state index contributed by atoms with van der Waals surface area (Å²) in [5.74, 6) is 0.611. The van der Waals surface area contributed by atoms with Crippen LogP contribution >= 0.6 is 11.8 Å². The third-order valence-electron chi connectivity index (χ3n) is 4.36. The van der Waals surface area contributed by atoms with Gasteiger partial charge in [-0.05, 0) is 60.3 Å². The molecule has 116 valence electrons. The molecule has 1 fully saturated rings. The number of nitrogens with two attached hydrogens (primary N) is 1. The molecule has 0 amide bonds. The van der Waals surface area contributed by atoms with Crippen molar-refractivity contribution in [2.75, 3.05) is 11.5 Å². The summed E-state index contributed by atoms with van der Waals surface area (Å²) in [6, 6.07) is 6.18. The van der Waals surface area contributed by atoms with Gasteiger partial charge in [-0.1, -0.05) is 18.6 Å². The van der Waals surface area contributed by atoms with Gasteiger partial charge >= 0.3 is 5.97 Å². The van der Waals surface area contributed by atoms with Crippen molar-refractivity contribution in [2.24, 2.45) is 5.73 Å². The summed E-state index contributed by atoms with van der Waals surface area (Å²) in [4.78, 5) is 10.6. The lowest BCUT2D eigenvalue weighted by Gasteiger charge is -2.42. The molecule has 1 aliphatic carbocycles. The lowest BCUT2D eigenvalue weighted by atomic mass is 9.63. The predicted molar refractivity (Wildman–Crippen MR) is 84.1 cm³/mol. The van der Waals surface area contributed by atoms with E-state index in [0.29, 0.717) is 6.42 Å². The van der Waals surface area contributed by atoms with Gasteiger partial charge in [0.15, 0.2) is 0 Å². The second-order valence-electron chi connectivity index (χ2n) is 5.74. The van der Waals surface area contributed by atoms with Crippen molar-refractivity contribution in [1.82, 2.24) is 0 Å². The molecule has 1 saturated carbocycles. The van der Waals surface area contributed by atoms with E-state index in [-0.39, 0.29) is 11.2 Å². The summed E-state index contributed by atoms with van der Waals surface area (Å²) in [5, 5.41) is 8.72. The number of carboxylic acid groups (broad SMARTS) is 1. The first-order valence-corrected chi connectivity index (χ1v) is 8.51. The lowest BCUT2D eigenvalue weighted by Crippen LogP contribution is -2.35. The molecule has 0 saturated heterocycles. The third-order valence-corrected chi connectivity index (χ3v) is 5.38. The maximum absolute atomic E-state index is 13.4. The number of carbonyl (C=O) groups is 1. The average molecular weight is 311 g/mol. The van der Waals surface area contributed by atoms with Crippen LogP contribution in [-0.2, 0) is 10.2 Å². The highest BCUT2D eigenvalue weighted by molar-refractivity contribution is 7.99. The number of carboxylic acids is 1. The highest BCUT2D eigenvalue weighted by atomic mass is 32.2. The van der Waals surface area contributed by atoms with Crippen molar-refractivity contribution in [1.29, 1.82) is 0 Å². The average Bonchev–Trinajstić information content (AvgIpc) is 2.40. The van der Waals surface area contributed by atoms with Crippen LogP contribution in [0.2, 0.25) is 0 Å². The van der Waals surface area contributed by atoms with Crippen molar-refractivity contribution in [3.8, 4) is 0 Å². The van der Waals surface area contributed by atoms with Crippen molar-refractivity contribution >= 4 is 17.7 Å². The lowest BCUT2D eigenvalue weighted by molar-refractivity contribution is -0.138. The highest BCUT2D eigenvalue weighted by Gasteiger charge is 2.38. The van der Waals surface area contributed by atoms with Crippen LogP contribution in [0.3, 0.4) is 0 Å². The number of halogens is 1. The summed E-state index contributed by atoms with van der Waals surface area (Å²) in [7, 11) is 0. The molecule has 5 heteroatoms. The van der Waals surface area contributed by atoms with Crippen LogP contribution in [0, 0.1) is 5.82 Å². The van der Waals surface area contributed by atoms with E-state index in [4.69, 9.17) is 10.8 Å². The molecule has 3 N–H and O–H groups in total. The van der Waals surface area contributed by atoms with E-state index < -0.39 is 12.0 Å². The number of thioether (sulfide) groups is 1. The quantitative estimate of drug-likeness (QED) is 0.724. The molecule has 1 unspecified atom stereocenters. The van der Waals surface area contributed by atoms with Crippen LogP contribution < -0.4 is 5.73 Å². The first kappa shape index (κ1) is 16.3. The van der Waals surface area contributed by atoms with Crippen LogP contribution in [0.5, 0.6) is 0 Å². The van der Waals surface area contributed by atoms with Crippen LogP contribution in [0.1, 0.15) is 37.7 Å². The molecular formula is C16H22FNO2S. The first-order valence-electron chi connectivity index (χ1n) is 7.36. The SMILES string of the molecule is NC(CCSCCC1(c2cccc(F)c2)CCC1)C(=O)O. The Morgan fingerprint density at radius 2 is 2.19 bits per heavy atom. The summed E-state index contributed by atoms with van der Waals surface area (Å²) < 4.78 is 13.4. The fourth-order valence-electron chi connectivity index (χ4n) is 2.81. The van der Waals surface area contributed by atoms with Crippen molar-refractivity contribution in [3.05, 3.63) is 35.6 Å². The monoisotopic (exact) mass is 311 g/mol. The molecule has 2 rings (SSSR count). The number of benzene rings is 1. The van der Waals surface area contributed by atoms with E-state index in [0.717, 1.165) is 36.3 Å². The number of aliphatic carboxylic acids is 1. The molecule has 0 bridgehead atoms. The Morgan fingerprint density at radius 1 is 1.43 bits per heavy atom. The molecule has 1 aliphatic rings. The Hall–Kier alpha value is -1.07.